The maximum Gasteiger partial charge on any atom is 0.252 e. The van der Waals surface area contributed by atoms with Crippen LogP contribution in [0.1, 0.15) is 24.1 Å². The predicted molar refractivity (Wildman–Crippen MR) is 105 cm³/mol. The maximum atomic E-state index is 12.5. The van der Waals surface area contributed by atoms with Crippen LogP contribution in [0.25, 0.3) is 10.9 Å². The molecule has 1 aromatic carbocycles. The van der Waals surface area contributed by atoms with Gasteiger partial charge in [0.15, 0.2) is 0 Å². The Kier molecular flexibility index (Phi) is 4.80. The molecule has 0 spiro atoms. The van der Waals surface area contributed by atoms with Gasteiger partial charge in [-0.25, -0.2) is 0 Å². The Morgan fingerprint density at radius 1 is 1.31 bits per heavy atom. The molecule has 4 rings (SSSR count). The third-order valence-corrected chi connectivity index (χ3v) is 5.14. The fourth-order valence-corrected chi connectivity index (χ4v) is 3.74. The first-order chi connectivity index (χ1) is 12.7. The van der Waals surface area contributed by atoms with Crippen molar-refractivity contribution in [1.29, 1.82) is 0 Å². The highest BCUT2D eigenvalue weighted by Crippen LogP contribution is 2.19. The third-order valence-electron chi connectivity index (χ3n) is 5.14. The minimum atomic E-state index is 0.0371. The van der Waals surface area contributed by atoms with Crippen molar-refractivity contribution in [2.45, 2.75) is 38.8 Å². The topological polar surface area (TPSA) is 59.0 Å². The largest absolute Gasteiger partial charge is 0.384 e. The second-order valence-corrected chi connectivity index (χ2v) is 7.01. The van der Waals surface area contributed by atoms with Crippen LogP contribution in [0, 0.1) is 6.92 Å². The average molecular weight is 351 g/mol. The molecule has 0 amide bonds. The van der Waals surface area contributed by atoms with Crippen molar-refractivity contribution in [2.24, 2.45) is 0 Å². The third kappa shape index (κ3) is 3.53. The molecule has 1 saturated heterocycles. The number of para-hydroxylation sites is 1. The first kappa shape index (κ1) is 16.9. The Labute approximate surface area is 153 Å². The van der Waals surface area contributed by atoms with E-state index in [9.17, 15) is 4.79 Å². The number of ether oxygens (including phenoxy) is 1. The lowest BCUT2D eigenvalue weighted by Crippen LogP contribution is -2.28. The van der Waals surface area contributed by atoms with Crippen LogP contribution in [0.3, 0.4) is 0 Å². The van der Waals surface area contributed by atoms with Crippen LogP contribution >= 0.6 is 0 Å². The van der Waals surface area contributed by atoms with Crippen LogP contribution in [-0.4, -0.2) is 28.8 Å². The van der Waals surface area contributed by atoms with Crippen molar-refractivity contribution in [3.05, 3.63) is 64.2 Å². The number of rotatable bonds is 6. The van der Waals surface area contributed by atoms with Gasteiger partial charge in [0.2, 0.25) is 0 Å². The van der Waals surface area contributed by atoms with Crippen molar-refractivity contribution in [3.8, 4) is 0 Å². The lowest BCUT2D eigenvalue weighted by molar-refractivity contribution is 0.0956. The number of fused-ring (bicyclic) bond motifs is 1. The number of anilines is 1. The molecule has 1 aliphatic heterocycles. The Hall–Kier alpha value is -2.53. The zero-order valence-corrected chi connectivity index (χ0v) is 15.1. The van der Waals surface area contributed by atoms with Gasteiger partial charge >= 0.3 is 0 Å². The summed E-state index contributed by atoms with van der Waals surface area (Å²) in [4.78, 5) is 15.8. The summed E-state index contributed by atoms with van der Waals surface area (Å²) in [5.41, 5.74) is 4.35. The van der Waals surface area contributed by atoms with E-state index in [1.54, 1.807) is 6.07 Å². The number of hydrogen-bond acceptors (Lipinski definition) is 3. The van der Waals surface area contributed by atoms with Gasteiger partial charge in [0.05, 0.1) is 12.6 Å². The van der Waals surface area contributed by atoms with E-state index in [1.807, 2.05) is 23.6 Å². The van der Waals surface area contributed by atoms with Gasteiger partial charge in [0.1, 0.15) is 0 Å². The summed E-state index contributed by atoms with van der Waals surface area (Å²) in [6, 6.07) is 12.1. The predicted octanol–water partition coefficient (Wildman–Crippen LogP) is 3.47. The first-order valence-electron chi connectivity index (χ1n) is 9.32. The quantitative estimate of drug-likeness (QED) is 0.715. The molecule has 2 aromatic heterocycles. The average Bonchev–Trinajstić information content (AvgIpc) is 3.28. The molecule has 1 unspecified atom stereocenters. The van der Waals surface area contributed by atoms with Gasteiger partial charge in [-0.15, -0.1) is 0 Å². The Morgan fingerprint density at radius 2 is 2.19 bits per heavy atom. The summed E-state index contributed by atoms with van der Waals surface area (Å²) < 4.78 is 7.48. The standard InChI is InChI=1S/C21H25N3O2/c1-15-11-17(12-21(25)24(15)14-18-5-4-10-26-18)22-9-8-16-13-23-20-7-3-2-6-19(16)20/h2-3,6-7,11-13,18,22-23H,4-5,8-10,14H2,1H3. The fourth-order valence-electron chi connectivity index (χ4n) is 3.74. The van der Waals surface area contributed by atoms with E-state index in [4.69, 9.17) is 4.74 Å². The van der Waals surface area contributed by atoms with Crippen molar-refractivity contribution in [1.82, 2.24) is 9.55 Å². The van der Waals surface area contributed by atoms with Crippen LogP contribution in [0.15, 0.2) is 47.4 Å². The van der Waals surface area contributed by atoms with Crippen molar-refractivity contribution < 1.29 is 4.74 Å². The minimum Gasteiger partial charge on any atom is -0.384 e. The Morgan fingerprint density at radius 3 is 3.00 bits per heavy atom. The molecule has 1 aliphatic rings. The summed E-state index contributed by atoms with van der Waals surface area (Å²) >= 11 is 0. The molecular formula is C21H25N3O2. The molecule has 0 aliphatic carbocycles. The monoisotopic (exact) mass is 351 g/mol. The molecule has 136 valence electrons. The van der Waals surface area contributed by atoms with E-state index < -0.39 is 0 Å². The van der Waals surface area contributed by atoms with Gasteiger partial charge in [0.25, 0.3) is 5.56 Å². The fraction of sp³-hybridized carbons (Fsp3) is 0.381. The first-order valence-corrected chi connectivity index (χ1v) is 9.32. The number of nitrogens with one attached hydrogen (secondary N) is 2. The van der Waals surface area contributed by atoms with Gasteiger partial charge < -0.3 is 19.6 Å². The molecule has 0 bridgehead atoms. The van der Waals surface area contributed by atoms with E-state index in [0.717, 1.165) is 49.3 Å². The molecule has 0 radical (unpaired) electrons. The van der Waals surface area contributed by atoms with Crippen molar-refractivity contribution in [2.75, 3.05) is 18.5 Å². The van der Waals surface area contributed by atoms with Crippen LogP contribution in [-0.2, 0) is 17.7 Å². The van der Waals surface area contributed by atoms with Gasteiger partial charge in [-0.1, -0.05) is 18.2 Å². The molecule has 3 heterocycles. The van der Waals surface area contributed by atoms with Crippen LogP contribution in [0.5, 0.6) is 0 Å². The van der Waals surface area contributed by atoms with E-state index >= 15 is 0 Å². The van der Waals surface area contributed by atoms with Gasteiger partial charge in [-0.3, -0.25) is 4.79 Å². The number of pyridine rings is 1. The number of aromatic nitrogens is 2. The smallest absolute Gasteiger partial charge is 0.252 e. The van der Waals surface area contributed by atoms with E-state index in [0.29, 0.717) is 6.54 Å². The summed E-state index contributed by atoms with van der Waals surface area (Å²) in [6.07, 6.45) is 5.27. The molecule has 26 heavy (non-hydrogen) atoms. The molecule has 5 nitrogen and oxygen atoms in total. The van der Waals surface area contributed by atoms with E-state index in [-0.39, 0.29) is 11.7 Å². The molecule has 2 N–H and O–H groups in total. The lowest BCUT2D eigenvalue weighted by atomic mass is 10.1. The highest BCUT2D eigenvalue weighted by atomic mass is 16.5. The lowest BCUT2D eigenvalue weighted by Gasteiger charge is -2.16. The Balaban J connectivity index is 1.41. The van der Waals surface area contributed by atoms with Gasteiger partial charge in [-0.2, -0.15) is 0 Å². The SMILES string of the molecule is Cc1cc(NCCc2c[nH]c3ccccc23)cc(=O)n1CC1CCCO1. The summed E-state index contributed by atoms with van der Waals surface area (Å²) in [7, 11) is 0. The van der Waals surface area contributed by atoms with E-state index in [1.165, 1.54) is 10.9 Å². The number of H-pyrrole nitrogens is 1. The maximum absolute atomic E-state index is 12.5. The van der Waals surface area contributed by atoms with Crippen molar-refractivity contribution in [3.63, 3.8) is 0 Å². The zero-order valence-electron chi connectivity index (χ0n) is 15.1. The normalized spacial score (nSPS) is 17.0. The second kappa shape index (κ2) is 7.38. The van der Waals surface area contributed by atoms with Gasteiger partial charge in [0, 0.05) is 47.7 Å². The molecule has 5 heteroatoms. The summed E-state index contributed by atoms with van der Waals surface area (Å²) in [5.74, 6) is 0. The molecule has 3 aromatic rings. The molecule has 0 saturated carbocycles. The number of benzene rings is 1. The van der Waals surface area contributed by atoms with Crippen LogP contribution in [0.2, 0.25) is 0 Å². The van der Waals surface area contributed by atoms with Gasteiger partial charge in [-0.05, 0) is 43.9 Å². The number of aryl methyl sites for hydroxylation is 1. The highest BCUT2D eigenvalue weighted by molar-refractivity contribution is 5.83. The summed E-state index contributed by atoms with van der Waals surface area (Å²) in [6.45, 7) is 4.24. The number of nitrogens with zero attached hydrogens (tertiary/aromatic N) is 1. The number of hydrogen-bond donors (Lipinski definition) is 2. The molecule has 1 fully saturated rings. The molecular weight excluding hydrogens is 326 g/mol. The van der Waals surface area contributed by atoms with Crippen LogP contribution < -0.4 is 10.9 Å². The van der Waals surface area contributed by atoms with E-state index in [2.05, 4.69) is 34.7 Å². The Bertz CT molecular complexity index is 951. The number of aromatic amines is 1. The summed E-state index contributed by atoms with van der Waals surface area (Å²) in [5, 5.41) is 4.65. The minimum absolute atomic E-state index is 0.0371. The highest BCUT2D eigenvalue weighted by Gasteiger charge is 2.17. The van der Waals surface area contributed by atoms with Crippen LogP contribution in [0.4, 0.5) is 5.69 Å². The molecule has 1 atom stereocenters. The van der Waals surface area contributed by atoms with Crippen molar-refractivity contribution >= 4 is 16.6 Å². The zero-order chi connectivity index (χ0) is 17.9. The second-order valence-electron chi connectivity index (χ2n) is 7.01.